The molecule has 0 bridgehead atoms. The van der Waals surface area contributed by atoms with Crippen LogP contribution in [0.3, 0.4) is 0 Å². The maximum absolute atomic E-state index is 13.4. The second kappa shape index (κ2) is 12.0. The quantitative estimate of drug-likeness (QED) is 0.370. The number of unbranched alkanes of at least 4 members (excludes halogenated alkanes) is 1. The third-order valence-corrected chi connectivity index (χ3v) is 5.53. The fourth-order valence-corrected chi connectivity index (χ4v) is 3.78. The van der Waals surface area contributed by atoms with E-state index >= 15 is 0 Å². The maximum Gasteiger partial charge on any atom is 0.416 e. The summed E-state index contributed by atoms with van der Waals surface area (Å²) >= 11 is 0. The van der Waals surface area contributed by atoms with E-state index in [1.54, 1.807) is 0 Å². The average Bonchev–Trinajstić information content (AvgIpc) is 3.19. The van der Waals surface area contributed by atoms with Gasteiger partial charge in [0.2, 0.25) is 12.3 Å². The Bertz CT molecular complexity index is 874. The number of hydrogen-bond acceptors (Lipinski definition) is 5. The summed E-state index contributed by atoms with van der Waals surface area (Å²) in [7, 11) is 0. The number of nitrogens with zero attached hydrogens (tertiary/aromatic N) is 2. The van der Waals surface area contributed by atoms with Crippen LogP contribution in [0.25, 0.3) is 0 Å². The fraction of sp³-hybridized carbons (Fsp3) is 0.400. The molecular formula is C25H30N2O5. The van der Waals surface area contributed by atoms with Crippen LogP contribution in [0.15, 0.2) is 60.7 Å². The minimum atomic E-state index is -0.625. The zero-order valence-electron chi connectivity index (χ0n) is 18.4. The minimum Gasteiger partial charge on any atom is -0.447 e. The Balaban J connectivity index is 1.68. The maximum atomic E-state index is 13.4. The van der Waals surface area contributed by atoms with Crippen molar-refractivity contribution in [3.05, 3.63) is 71.8 Å². The first-order chi connectivity index (χ1) is 15.6. The Morgan fingerprint density at radius 3 is 2.44 bits per heavy atom. The fourth-order valence-electron chi connectivity index (χ4n) is 3.78. The third kappa shape index (κ3) is 6.40. The zero-order chi connectivity index (χ0) is 22.8. The Morgan fingerprint density at radius 1 is 1.16 bits per heavy atom. The van der Waals surface area contributed by atoms with Crippen molar-refractivity contribution in [3.8, 4) is 0 Å². The average molecular weight is 439 g/mol. The topological polar surface area (TPSA) is 76.2 Å². The van der Waals surface area contributed by atoms with Gasteiger partial charge < -0.3 is 4.74 Å². The number of cyclic esters (lactones) is 1. The largest absolute Gasteiger partial charge is 0.447 e. The van der Waals surface area contributed by atoms with Crippen molar-refractivity contribution in [1.29, 1.82) is 0 Å². The molecule has 2 aromatic carbocycles. The summed E-state index contributed by atoms with van der Waals surface area (Å²) in [6, 6.07) is 18.8. The molecule has 0 N–H and O–H groups in total. The van der Waals surface area contributed by atoms with E-state index in [0.29, 0.717) is 19.3 Å². The van der Waals surface area contributed by atoms with Gasteiger partial charge in [0.05, 0.1) is 18.5 Å². The predicted octanol–water partition coefficient (Wildman–Crippen LogP) is 3.97. The second-order valence-corrected chi connectivity index (χ2v) is 7.93. The van der Waals surface area contributed by atoms with Crippen molar-refractivity contribution in [2.45, 2.75) is 45.3 Å². The number of amides is 3. The first kappa shape index (κ1) is 23.5. The van der Waals surface area contributed by atoms with Gasteiger partial charge in [0.1, 0.15) is 13.2 Å². The first-order valence-corrected chi connectivity index (χ1v) is 11.0. The van der Waals surface area contributed by atoms with Crippen LogP contribution < -0.4 is 0 Å². The minimum absolute atomic E-state index is 0.0804. The SMILES string of the molecule is CCCCC(CN(C=O)OCc1ccccc1)C(=O)N1C(=O)OCC1Cc1ccccc1. The summed E-state index contributed by atoms with van der Waals surface area (Å²) in [5.41, 5.74) is 1.95. The number of carbonyl (C=O) groups excluding carboxylic acids is 3. The highest BCUT2D eigenvalue weighted by Gasteiger charge is 2.41. The number of carbonyl (C=O) groups is 3. The molecule has 32 heavy (non-hydrogen) atoms. The molecule has 1 fully saturated rings. The van der Waals surface area contributed by atoms with Crippen molar-refractivity contribution in [2.75, 3.05) is 13.2 Å². The molecule has 3 rings (SSSR count). The zero-order valence-corrected chi connectivity index (χ0v) is 18.4. The Labute approximate surface area is 188 Å². The number of hydrogen-bond donors (Lipinski definition) is 0. The standard InChI is InChI=1S/C25H30N2O5/c1-2-3-14-22(16-26(19-28)32-17-21-12-8-5-9-13-21)24(29)27-23(18-31-25(27)30)15-20-10-6-4-7-11-20/h4-13,19,22-23H,2-3,14-18H2,1H3. The second-order valence-electron chi connectivity index (χ2n) is 7.93. The number of benzene rings is 2. The summed E-state index contributed by atoms with van der Waals surface area (Å²) in [6.07, 6.45) is 2.73. The molecule has 7 heteroatoms. The first-order valence-electron chi connectivity index (χ1n) is 11.0. The molecule has 7 nitrogen and oxygen atoms in total. The molecule has 1 heterocycles. The highest BCUT2D eigenvalue weighted by atomic mass is 16.7. The van der Waals surface area contributed by atoms with Gasteiger partial charge in [-0.2, -0.15) is 0 Å². The van der Waals surface area contributed by atoms with Gasteiger partial charge in [-0.3, -0.25) is 14.4 Å². The van der Waals surface area contributed by atoms with Crippen molar-refractivity contribution < 1.29 is 24.0 Å². The van der Waals surface area contributed by atoms with Gasteiger partial charge in [-0.15, -0.1) is 0 Å². The molecule has 2 aromatic rings. The van der Waals surface area contributed by atoms with Crippen LogP contribution in [0.4, 0.5) is 4.79 Å². The lowest BCUT2D eigenvalue weighted by Crippen LogP contribution is -2.46. The lowest BCUT2D eigenvalue weighted by Gasteiger charge is -2.27. The lowest BCUT2D eigenvalue weighted by molar-refractivity contribution is -0.183. The molecule has 1 aliphatic rings. The molecular weight excluding hydrogens is 408 g/mol. The highest BCUT2D eigenvalue weighted by Crippen LogP contribution is 2.23. The van der Waals surface area contributed by atoms with E-state index in [1.165, 1.54) is 4.90 Å². The summed E-state index contributed by atoms with van der Waals surface area (Å²) in [5.74, 6) is -0.878. The summed E-state index contributed by atoms with van der Waals surface area (Å²) in [6.45, 7) is 2.50. The molecule has 0 radical (unpaired) electrons. The number of rotatable bonds is 12. The van der Waals surface area contributed by atoms with Crippen LogP contribution in [0.2, 0.25) is 0 Å². The van der Waals surface area contributed by atoms with Crippen LogP contribution in [-0.4, -0.2) is 47.6 Å². The lowest BCUT2D eigenvalue weighted by atomic mass is 9.98. The monoisotopic (exact) mass is 438 g/mol. The highest BCUT2D eigenvalue weighted by molar-refractivity contribution is 5.95. The molecule has 2 unspecified atom stereocenters. The van der Waals surface area contributed by atoms with Gasteiger partial charge in [0, 0.05) is 0 Å². The van der Waals surface area contributed by atoms with Crippen molar-refractivity contribution in [3.63, 3.8) is 0 Å². The molecule has 1 aliphatic heterocycles. The molecule has 3 amide bonds. The van der Waals surface area contributed by atoms with E-state index in [0.717, 1.165) is 29.0 Å². The summed E-state index contributed by atoms with van der Waals surface area (Å²) in [4.78, 5) is 44.3. The van der Waals surface area contributed by atoms with E-state index in [4.69, 9.17) is 9.57 Å². The summed E-state index contributed by atoms with van der Waals surface area (Å²) < 4.78 is 5.21. The van der Waals surface area contributed by atoms with E-state index in [9.17, 15) is 14.4 Å². The van der Waals surface area contributed by atoms with E-state index in [-0.39, 0.29) is 31.7 Å². The van der Waals surface area contributed by atoms with Crippen molar-refractivity contribution in [2.24, 2.45) is 5.92 Å². The number of ether oxygens (including phenoxy) is 1. The van der Waals surface area contributed by atoms with E-state index < -0.39 is 12.0 Å². The molecule has 1 saturated heterocycles. The number of imide groups is 1. The molecule has 0 saturated carbocycles. The van der Waals surface area contributed by atoms with Crippen molar-refractivity contribution >= 4 is 18.4 Å². The molecule has 0 aliphatic carbocycles. The van der Waals surface area contributed by atoms with Gasteiger partial charge in [0.25, 0.3) is 0 Å². The van der Waals surface area contributed by atoms with Gasteiger partial charge in [-0.25, -0.2) is 14.8 Å². The van der Waals surface area contributed by atoms with Gasteiger partial charge in [-0.1, -0.05) is 80.4 Å². The van der Waals surface area contributed by atoms with Crippen LogP contribution >= 0.6 is 0 Å². The third-order valence-electron chi connectivity index (χ3n) is 5.53. The van der Waals surface area contributed by atoms with Gasteiger partial charge in [-0.05, 0) is 24.0 Å². The molecule has 2 atom stereocenters. The van der Waals surface area contributed by atoms with Gasteiger partial charge in [0.15, 0.2) is 0 Å². The Hall–Kier alpha value is -3.19. The van der Waals surface area contributed by atoms with E-state index in [1.807, 2.05) is 67.6 Å². The molecule has 0 aromatic heterocycles. The Kier molecular flexibility index (Phi) is 8.80. The van der Waals surface area contributed by atoms with Crippen LogP contribution in [0.1, 0.15) is 37.3 Å². The normalized spacial score (nSPS) is 16.5. The van der Waals surface area contributed by atoms with Crippen LogP contribution in [0.5, 0.6) is 0 Å². The summed E-state index contributed by atoms with van der Waals surface area (Å²) in [5, 5.41) is 1.15. The number of hydroxylamine groups is 2. The van der Waals surface area contributed by atoms with Crippen LogP contribution in [0, 0.1) is 5.92 Å². The smallest absolute Gasteiger partial charge is 0.416 e. The van der Waals surface area contributed by atoms with Gasteiger partial charge >= 0.3 is 6.09 Å². The Morgan fingerprint density at radius 2 is 1.81 bits per heavy atom. The van der Waals surface area contributed by atoms with E-state index in [2.05, 4.69) is 0 Å². The molecule has 0 spiro atoms. The van der Waals surface area contributed by atoms with Crippen molar-refractivity contribution in [1.82, 2.24) is 9.96 Å². The molecule has 170 valence electrons. The predicted molar refractivity (Wildman–Crippen MR) is 119 cm³/mol. The van der Waals surface area contributed by atoms with Crippen LogP contribution in [-0.2, 0) is 32.2 Å².